The number of anilines is 1. The van der Waals surface area contributed by atoms with Crippen molar-refractivity contribution in [1.82, 2.24) is 5.32 Å². The predicted octanol–water partition coefficient (Wildman–Crippen LogP) is 1.81. The van der Waals surface area contributed by atoms with Crippen molar-refractivity contribution < 1.29 is 14.6 Å². The lowest BCUT2D eigenvalue weighted by atomic mass is 9.97. The summed E-state index contributed by atoms with van der Waals surface area (Å²) in [5.74, 6) is 0.823. The Hall–Kier alpha value is -1.59. The summed E-state index contributed by atoms with van der Waals surface area (Å²) in [6.07, 6.45) is 0.670. The maximum atomic E-state index is 12.6. The zero-order chi connectivity index (χ0) is 15.5. The van der Waals surface area contributed by atoms with Crippen molar-refractivity contribution in [3.63, 3.8) is 0 Å². The number of carbonyl (C=O) groups excluding carboxylic acids is 1. The van der Waals surface area contributed by atoms with Crippen molar-refractivity contribution in [1.29, 1.82) is 0 Å². The number of hydrogen-bond acceptors (Lipinski definition) is 5. The van der Waals surface area contributed by atoms with Crippen molar-refractivity contribution >= 4 is 11.5 Å². The Bertz CT molecular complexity index is 514. The molecule has 0 saturated carbocycles. The Kier molecular flexibility index (Phi) is 4.85. The van der Waals surface area contributed by atoms with Crippen LogP contribution in [0.1, 0.15) is 37.6 Å². The molecule has 0 fully saturated rings. The molecule has 0 bridgehead atoms. The SMILES string of the molecule is CCC(NC(C)(C)CO)C(=O)c1ccc2c(c1)NCCO2. The average Bonchev–Trinajstić information content (AvgIpc) is 2.51. The lowest BCUT2D eigenvalue weighted by Gasteiger charge is -2.29. The number of nitrogens with one attached hydrogen (secondary N) is 2. The summed E-state index contributed by atoms with van der Waals surface area (Å²) in [5, 5.41) is 15.8. The molecule has 116 valence electrons. The van der Waals surface area contributed by atoms with Gasteiger partial charge in [0.2, 0.25) is 0 Å². The average molecular weight is 292 g/mol. The number of Topliss-reactive ketones (excluding diaryl/α,β-unsaturated/α-hetero) is 1. The summed E-state index contributed by atoms with van der Waals surface area (Å²) in [4.78, 5) is 12.6. The van der Waals surface area contributed by atoms with E-state index < -0.39 is 5.54 Å². The van der Waals surface area contributed by atoms with E-state index in [0.717, 1.165) is 18.0 Å². The Morgan fingerprint density at radius 1 is 1.52 bits per heavy atom. The van der Waals surface area contributed by atoms with Gasteiger partial charge < -0.3 is 15.2 Å². The van der Waals surface area contributed by atoms with E-state index in [1.165, 1.54) is 0 Å². The summed E-state index contributed by atoms with van der Waals surface area (Å²) in [6.45, 7) is 7.09. The van der Waals surface area contributed by atoms with Crippen LogP contribution >= 0.6 is 0 Å². The lowest BCUT2D eigenvalue weighted by molar-refractivity contribution is 0.0896. The van der Waals surface area contributed by atoms with Gasteiger partial charge in [0.1, 0.15) is 12.4 Å². The highest BCUT2D eigenvalue weighted by Crippen LogP contribution is 2.28. The molecule has 21 heavy (non-hydrogen) atoms. The molecule has 1 aliphatic heterocycles. The number of benzene rings is 1. The third-order valence-corrected chi connectivity index (χ3v) is 3.62. The Balaban J connectivity index is 2.17. The largest absolute Gasteiger partial charge is 0.490 e. The van der Waals surface area contributed by atoms with Crippen LogP contribution in [0.15, 0.2) is 18.2 Å². The normalized spacial score (nSPS) is 15.6. The van der Waals surface area contributed by atoms with Crippen LogP contribution in [0.5, 0.6) is 5.75 Å². The van der Waals surface area contributed by atoms with Crippen LogP contribution in [0.4, 0.5) is 5.69 Å². The number of rotatable bonds is 6. The first-order valence-corrected chi connectivity index (χ1v) is 7.40. The van der Waals surface area contributed by atoms with Crippen molar-refractivity contribution in [3.05, 3.63) is 23.8 Å². The van der Waals surface area contributed by atoms with Crippen LogP contribution in [-0.4, -0.2) is 42.2 Å². The number of aliphatic hydroxyl groups excluding tert-OH is 1. The van der Waals surface area contributed by atoms with Gasteiger partial charge in [-0.1, -0.05) is 6.92 Å². The molecule has 0 saturated heterocycles. The first-order valence-electron chi connectivity index (χ1n) is 7.40. The van der Waals surface area contributed by atoms with Crippen LogP contribution < -0.4 is 15.4 Å². The number of ketones is 1. The summed E-state index contributed by atoms with van der Waals surface area (Å²) >= 11 is 0. The minimum Gasteiger partial charge on any atom is -0.490 e. The molecule has 5 nitrogen and oxygen atoms in total. The Labute approximate surface area is 125 Å². The molecule has 0 aliphatic carbocycles. The highest BCUT2D eigenvalue weighted by Gasteiger charge is 2.26. The zero-order valence-electron chi connectivity index (χ0n) is 12.9. The Morgan fingerprint density at radius 2 is 2.29 bits per heavy atom. The number of fused-ring (bicyclic) bond motifs is 1. The third kappa shape index (κ3) is 3.74. The molecule has 3 N–H and O–H groups in total. The number of ether oxygens (including phenoxy) is 1. The molecule has 1 atom stereocenters. The van der Waals surface area contributed by atoms with Crippen molar-refractivity contribution in [2.45, 2.75) is 38.8 Å². The van der Waals surface area contributed by atoms with E-state index in [0.29, 0.717) is 18.6 Å². The first kappa shape index (κ1) is 15.8. The molecule has 0 radical (unpaired) electrons. The molecule has 1 unspecified atom stereocenters. The van der Waals surface area contributed by atoms with Crippen molar-refractivity contribution in [2.24, 2.45) is 0 Å². The van der Waals surface area contributed by atoms with Crippen molar-refractivity contribution in [2.75, 3.05) is 25.1 Å². The summed E-state index contributed by atoms with van der Waals surface area (Å²) in [6, 6.07) is 5.16. The second kappa shape index (κ2) is 6.45. The van der Waals surface area contributed by atoms with E-state index in [1.54, 1.807) is 6.07 Å². The van der Waals surface area contributed by atoms with Gasteiger partial charge in [-0.05, 0) is 38.5 Å². The maximum Gasteiger partial charge on any atom is 0.179 e. The van der Waals surface area contributed by atoms with Gasteiger partial charge in [-0.2, -0.15) is 0 Å². The molecule has 5 heteroatoms. The number of aliphatic hydroxyl groups is 1. The van der Waals surface area contributed by atoms with E-state index >= 15 is 0 Å². The maximum absolute atomic E-state index is 12.6. The van der Waals surface area contributed by atoms with Crippen molar-refractivity contribution in [3.8, 4) is 5.75 Å². The second-order valence-electron chi connectivity index (χ2n) is 6.00. The van der Waals surface area contributed by atoms with E-state index in [1.807, 2.05) is 32.9 Å². The summed E-state index contributed by atoms with van der Waals surface area (Å²) < 4.78 is 5.52. The zero-order valence-corrected chi connectivity index (χ0v) is 12.9. The predicted molar refractivity (Wildman–Crippen MR) is 83.1 cm³/mol. The fourth-order valence-electron chi connectivity index (χ4n) is 2.37. The highest BCUT2D eigenvalue weighted by molar-refractivity contribution is 6.01. The lowest BCUT2D eigenvalue weighted by Crippen LogP contribution is -2.51. The van der Waals surface area contributed by atoms with Crippen LogP contribution in [0.25, 0.3) is 0 Å². The highest BCUT2D eigenvalue weighted by atomic mass is 16.5. The number of hydrogen-bond donors (Lipinski definition) is 3. The minimum atomic E-state index is -0.480. The van der Waals surface area contributed by atoms with E-state index in [9.17, 15) is 9.90 Å². The van der Waals surface area contributed by atoms with Crippen LogP contribution in [0, 0.1) is 0 Å². The molecular weight excluding hydrogens is 268 g/mol. The summed E-state index contributed by atoms with van der Waals surface area (Å²) in [7, 11) is 0. The Morgan fingerprint density at radius 3 is 2.95 bits per heavy atom. The molecule has 0 spiro atoms. The molecule has 1 aromatic rings. The first-order chi connectivity index (χ1) is 9.96. The van der Waals surface area contributed by atoms with E-state index in [2.05, 4.69) is 10.6 Å². The monoisotopic (exact) mass is 292 g/mol. The summed E-state index contributed by atoms with van der Waals surface area (Å²) in [5.41, 5.74) is 1.04. The van der Waals surface area contributed by atoms with Gasteiger partial charge in [0, 0.05) is 17.6 Å². The van der Waals surface area contributed by atoms with Gasteiger partial charge in [-0.15, -0.1) is 0 Å². The topological polar surface area (TPSA) is 70.6 Å². The third-order valence-electron chi connectivity index (χ3n) is 3.62. The quantitative estimate of drug-likeness (QED) is 0.698. The van der Waals surface area contributed by atoms with Crippen LogP contribution in [-0.2, 0) is 0 Å². The molecule has 0 aromatic heterocycles. The minimum absolute atomic E-state index is 0.0175. The van der Waals surface area contributed by atoms with Gasteiger partial charge in [-0.25, -0.2) is 0 Å². The molecule has 1 heterocycles. The van der Waals surface area contributed by atoms with Crippen LogP contribution in [0.2, 0.25) is 0 Å². The molecule has 1 aliphatic rings. The van der Waals surface area contributed by atoms with Gasteiger partial charge in [-0.3, -0.25) is 10.1 Å². The van der Waals surface area contributed by atoms with E-state index in [-0.39, 0.29) is 18.4 Å². The fraction of sp³-hybridized carbons (Fsp3) is 0.562. The van der Waals surface area contributed by atoms with Crippen LogP contribution in [0.3, 0.4) is 0 Å². The standard InChI is InChI=1S/C16H24N2O3/c1-4-12(18-16(2,3)10-19)15(20)11-5-6-14-13(9-11)17-7-8-21-14/h5-6,9,12,17-19H,4,7-8,10H2,1-3H3. The second-order valence-corrected chi connectivity index (χ2v) is 6.00. The van der Waals surface area contributed by atoms with Gasteiger partial charge >= 0.3 is 0 Å². The van der Waals surface area contributed by atoms with E-state index in [4.69, 9.17) is 4.74 Å². The fourth-order valence-corrected chi connectivity index (χ4v) is 2.37. The smallest absolute Gasteiger partial charge is 0.179 e. The molecule has 0 amide bonds. The molecule has 1 aromatic carbocycles. The molecule has 2 rings (SSSR count). The van der Waals surface area contributed by atoms with Gasteiger partial charge in [0.25, 0.3) is 0 Å². The van der Waals surface area contributed by atoms with Gasteiger partial charge in [0.15, 0.2) is 5.78 Å². The van der Waals surface area contributed by atoms with Gasteiger partial charge in [0.05, 0.1) is 18.3 Å². The molecular formula is C16H24N2O3. The number of carbonyl (C=O) groups is 1.